The Morgan fingerprint density at radius 3 is 2.84 bits per heavy atom. The predicted molar refractivity (Wildman–Crippen MR) is 71.8 cm³/mol. The number of rotatable bonds is 4. The van der Waals surface area contributed by atoms with Crippen LogP contribution in [0.25, 0.3) is 0 Å². The number of ether oxygens (including phenoxy) is 1. The zero-order valence-electron chi connectivity index (χ0n) is 10.3. The highest BCUT2D eigenvalue weighted by molar-refractivity contribution is 6.32. The zero-order chi connectivity index (χ0) is 13.8. The van der Waals surface area contributed by atoms with Crippen LogP contribution in [-0.4, -0.2) is 16.1 Å². The van der Waals surface area contributed by atoms with E-state index in [1.807, 2.05) is 19.1 Å². The van der Waals surface area contributed by atoms with E-state index in [4.69, 9.17) is 21.4 Å². The van der Waals surface area contributed by atoms with E-state index in [0.717, 1.165) is 5.56 Å². The lowest BCUT2D eigenvalue weighted by atomic mass is 10.1. The smallest absolute Gasteiger partial charge is 0.307 e. The first-order valence-electron chi connectivity index (χ1n) is 5.66. The van der Waals surface area contributed by atoms with Crippen LogP contribution < -0.4 is 4.74 Å². The molecule has 1 aromatic heterocycles. The molecule has 2 rings (SSSR count). The van der Waals surface area contributed by atoms with Crippen molar-refractivity contribution >= 4 is 17.6 Å². The van der Waals surface area contributed by atoms with E-state index in [-0.39, 0.29) is 6.42 Å². The molecule has 0 unspecified atom stereocenters. The first-order valence-corrected chi connectivity index (χ1v) is 6.04. The van der Waals surface area contributed by atoms with Gasteiger partial charge < -0.3 is 9.84 Å². The molecule has 1 aromatic carbocycles. The molecule has 2 aromatic rings. The van der Waals surface area contributed by atoms with Crippen molar-refractivity contribution in [3.63, 3.8) is 0 Å². The number of hydrogen-bond donors (Lipinski definition) is 1. The van der Waals surface area contributed by atoms with Gasteiger partial charge in [-0.3, -0.25) is 4.79 Å². The van der Waals surface area contributed by atoms with Crippen molar-refractivity contribution in [3.05, 3.63) is 52.7 Å². The summed E-state index contributed by atoms with van der Waals surface area (Å²) in [6, 6.07) is 8.61. The fraction of sp³-hybridized carbons (Fsp3) is 0.143. The summed E-state index contributed by atoms with van der Waals surface area (Å²) in [5, 5.41) is 9.08. The molecule has 5 heteroatoms. The molecule has 0 aliphatic rings. The third-order valence-corrected chi connectivity index (χ3v) is 2.82. The third-order valence-electron chi connectivity index (χ3n) is 2.52. The molecule has 0 fully saturated rings. The number of pyridine rings is 1. The van der Waals surface area contributed by atoms with Crippen molar-refractivity contribution in [2.45, 2.75) is 13.3 Å². The van der Waals surface area contributed by atoms with Crippen LogP contribution in [0.5, 0.6) is 11.6 Å². The summed E-state index contributed by atoms with van der Waals surface area (Å²) < 4.78 is 5.61. The largest absolute Gasteiger partial charge is 0.481 e. The first kappa shape index (κ1) is 13.4. The Labute approximate surface area is 115 Å². The van der Waals surface area contributed by atoms with E-state index in [0.29, 0.717) is 22.2 Å². The molecule has 4 nitrogen and oxygen atoms in total. The van der Waals surface area contributed by atoms with Gasteiger partial charge in [0, 0.05) is 11.8 Å². The fourth-order valence-electron chi connectivity index (χ4n) is 1.59. The van der Waals surface area contributed by atoms with Gasteiger partial charge in [-0.2, -0.15) is 0 Å². The average molecular weight is 278 g/mol. The normalized spacial score (nSPS) is 10.2. The van der Waals surface area contributed by atoms with Gasteiger partial charge in [0.2, 0.25) is 5.88 Å². The van der Waals surface area contributed by atoms with E-state index in [1.165, 1.54) is 0 Å². The molecule has 1 N–H and O–H groups in total. The van der Waals surface area contributed by atoms with Gasteiger partial charge >= 0.3 is 5.97 Å². The molecular weight excluding hydrogens is 266 g/mol. The Morgan fingerprint density at radius 2 is 2.21 bits per heavy atom. The molecule has 0 saturated carbocycles. The lowest BCUT2D eigenvalue weighted by Crippen LogP contribution is -2.00. The summed E-state index contributed by atoms with van der Waals surface area (Å²) in [4.78, 5) is 14.7. The zero-order valence-corrected chi connectivity index (χ0v) is 11.0. The van der Waals surface area contributed by atoms with Crippen molar-refractivity contribution in [2.24, 2.45) is 0 Å². The quantitative estimate of drug-likeness (QED) is 0.930. The highest BCUT2D eigenvalue weighted by atomic mass is 35.5. The van der Waals surface area contributed by atoms with E-state index in [9.17, 15) is 4.79 Å². The minimum atomic E-state index is -0.898. The van der Waals surface area contributed by atoms with E-state index >= 15 is 0 Å². The number of nitrogens with zero attached hydrogens (tertiary/aromatic N) is 1. The summed E-state index contributed by atoms with van der Waals surface area (Å²) >= 11 is 6.07. The van der Waals surface area contributed by atoms with Crippen LogP contribution >= 0.6 is 11.6 Å². The molecule has 0 radical (unpaired) electrons. The van der Waals surface area contributed by atoms with Crippen LogP contribution in [0.15, 0.2) is 36.5 Å². The number of halogens is 1. The number of aliphatic carboxylic acids is 1. The summed E-state index contributed by atoms with van der Waals surface area (Å²) in [6.45, 7) is 1.88. The summed E-state index contributed by atoms with van der Waals surface area (Å²) in [6.07, 6.45) is 1.57. The van der Waals surface area contributed by atoms with E-state index in [1.54, 1.807) is 24.4 Å². The van der Waals surface area contributed by atoms with Gasteiger partial charge in [0.25, 0.3) is 0 Å². The van der Waals surface area contributed by atoms with Crippen molar-refractivity contribution in [3.8, 4) is 11.6 Å². The number of carboxylic acid groups (broad SMARTS) is 1. The first-order chi connectivity index (χ1) is 9.06. The standard InChI is InChI=1S/C14H12ClNO3/c1-9-3-2-6-16-14(9)19-12-5-4-10(7-11(12)15)8-13(17)18/h2-7H,8H2,1H3,(H,17,18). The highest BCUT2D eigenvalue weighted by Crippen LogP contribution is 2.30. The van der Waals surface area contributed by atoms with Gasteiger partial charge in [-0.15, -0.1) is 0 Å². The number of carbonyl (C=O) groups is 1. The Balaban J connectivity index is 2.22. The average Bonchev–Trinajstić information content (AvgIpc) is 2.34. The fourth-order valence-corrected chi connectivity index (χ4v) is 1.84. The molecule has 19 heavy (non-hydrogen) atoms. The van der Waals surface area contributed by atoms with Crippen molar-refractivity contribution < 1.29 is 14.6 Å². The molecule has 0 saturated heterocycles. The van der Waals surface area contributed by atoms with Crippen LogP contribution in [-0.2, 0) is 11.2 Å². The second-order valence-corrected chi connectivity index (χ2v) is 4.47. The minimum Gasteiger partial charge on any atom is -0.481 e. The Bertz CT molecular complexity index is 613. The van der Waals surface area contributed by atoms with E-state index in [2.05, 4.69) is 4.98 Å². The second kappa shape index (κ2) is 5.71. The molecule has 0 amide bonds. The van der Waals surface area contributed by atoms with Gasteiger partial charge in [0.05, 0.1) is 11.4 Å². The van der Waals surface area contributed by atoms with Gasteiger partial charge in [0.1, 0.15) is 5.75 Å². The van der Waals surface area contributed by atoms with Gasteiger partial charge in [-0.1, -0.05) is 23.7 Å². The van der Waals surface area contributed by atoms with Crippen molar-refractivity contribution in [1.82, 2.24) is 4.98 Å². The summed E-state index contributed by atoms with van der Waals surface area (Å²) in [5.41, 5.74) is 1.52. The molecule has 0 aliphatic carbocycles. The number of carboxylic acids is 1. The maximum absolute atomic E-state index is 10.6. The van der Waals surface area contributed by atoms with Crippen LogP contribution in [0.1, 0.15) is 11.1 Å². The molecule has 98 valence electrons. The summed E-state index contributed by atoms with van der Waals surface area (Å²) in [7, 11) is 0. The van der Waals surface area contributed by atoms with Crippen LogP contribution in [0.3, 0.4) is 0 Å². The van der Waals surface area contributed by atoms with Crippen LogP contribution in [0, 0.1) is 6.92 Å². The van der Waals surface area contributed by atoms with Crippen molar-refractivity contribution in [2.75, 3.05) is 0 Å². The lowest BCUT2D eigenvalue weighted by Gasteiger charge is -2.09. The van der Waals surface area contributed by atoms with Crippen LogP contribution in [0.4, 0.5) is 0 Å². The number of hydrogen-bond acceptors (Lipinski definition) is 3. The molecule has 0 bridgehead atoms. The van der Waals surface area contributed by atoms with Crippen LogP contribution in [0.2, 0.25) is 5.02 Å². The SMILES string of the molecule is Cc1cccnc1Oc1ccc(CC(=O)O)cc1Cl. The Morgan fingerprint density at radius 1 is 1.42 bits per heavy atom. The van der Waals surface area contributed by atoms with Gasteiger partial charge in [-0.05, 0) is 30.7 Å². The highest BCUT2D eigenvalue weighted by Gasteiger charge is 2.08. The topological polar surface area (TPSA) is 59.4 Å². The summed E-state index contributed by atoms with van der Waals surface area (Å²) in [5.74, 6) is 0.0401. The maximum atomic E-state index is 10.6. The lowest BCUT2D eigenvalue weighted by molar-refractivity contribution is -0.136. The second-order valence-electron chi connectivity index (χ2n) is 4.06. The molecular formula is C14H12ClNO3. The number of aromatic nitrogens is 1. The van der Waals surface area contributed by atoms with E-state index < -0.39 is 5.97 Å². The monoisotopic (exact) mass is 277 g/mol. The number of aryl methyl sites for hydroxylation is 1. The number of benzene rings is 1. The molecule has 1 heterocycles. The van der Waals surface area contributed by atoms with Gasteiger partial charge in [0.15, 0.2) is 0 Å². The molecule has 0 spiro atoms. The third kappa shape index (κ3) is 3.45. The van der Waals surface area contributed by atoms with Gasteiger partial charge in [-0.25, -0.2) is 4.98 Å². The molecule has 0 aliphatic heterocycles. The van der Waals surface area contributed by atoms with Crippen molar-refractivity contribution in [1.29, 1.82) is 0 Å². The minimum absolute atomic E-state index is 0.0669. The Hall–Kier alpha value is -2.07. The maximum Gasteiger partial charge on any atom is 0.307 e. The molecule has 0 atom stereocenters. The Kier molecular flexibility index (Phi) is 4.02. The predicted octanol–water partition coefficient (Wildman–Crippen LogP) is 3.46.